The third kappa shape index (κ3) is 4.42. The van der Waals surface area contributed by atoms with Gasteiger partial charge in [0, 0.05) is 28.3 Å². The standard InChI is InChI=1S/C17H12ClN3O4/c18-14-5-2-4-13(8-14)17-20-15(10-24-17)11-25-19-9-12-3-1-6-16(7-12)21(22)23/h1-10H,11H2. The smallest absolute Gasteiger partial charge is 0.270 e. The maximum Gasteiger partial charge on any atom is 0.270 e. The van der Waals surface area contributed by atoms with Gasteiger partial charge < -0.3 is 9.25 Å². The second kappa shape index (κ2) is 7.59. The fourth-order valence-electron chi connectivity index (χ4n) is 2.05. The van der Waals surface area contributed by atoms with E-state index in [1.807, 2.05) is 6.07 Å². The zero-order valence-corrected chi connectivity index (χ0v) is 13.6. The molecule has 0 atom stereocenters. The Bertz CT molecular complexity index is 924. The van der Waals surface area contributed by atoms with E-state index >= 15 is 0 Å². The van der Waals surface area contributed by atoms with E-state index in [0.717, 1.165) is 5.56 Å². The Morgan fingerprint density at radius 3 is 2.92 bits per heavy atom. The second-order valence-corrected chi connectivity index (χ2v) is 5.45. The predicted octanol–water partition coefficient (Wildman–Crippen LogP) is 4.45. The Balaban J connectivity index is 1.59. The van der Waals surface area contributed by atoms with E-state index in [0.29, 0.717) is 22.2 Å². The van der Waals surface area contributed by atoms with Crippen LogP contribution in [0.2, 0.25) is 5.02 Å². The molecule has 25 heavy (non-hydrogen) atoms. The molecule has 126 valence electrons. The monoisotopic (exact) mass is 357 g/mol. The zero-order valence-electron chi connectivity index (χ0n) is 12.8. The van der Waals surface area contributed by atoms with Crippen molar-refractivity contribution in [1.29, 1.82) is 0 Å². The van der Waals surface area contributed by atoms with Crippen LogP contribution < -0.4 is 0 Å². The minimum absolute atomic E-state index is 0.00776. The zero-order chi connectivity index (χ0) is 17.6. The van der Waals surface area contributed by atoms with Crippen molar-refractivity contribution in [2.75, 3.05) is 0 Å². The predicted molar refractivity (Wildman–Crippen MR) is 92.4 cm³/mol. The van der Waals surface area contributed by atoms with Crippen LogP contribution in [0.4, 0.5) is 5.69 Å². The summed E-state index contributed by atoms with van der Waals surface area (Å²) >= 11 is 5.94. The van der Waals surface area contributed by atoms with Gasteiger partial charge in [0.25, 0.3) is 5.69 Å². The first kappa shape index (κ1) is 16.7. The first-order valence-electron chi connectivity index (χ1n) is 7.22. The van der Waals surface area contributed by atoms with Gasteiger partial charge in [-0.15, -0.1) is 0 Å². The highest BCUT2D eigenvalue weighted by Gasteiger charge is 2.07. The molecule has 3 aromatic rings. The van der Waals surface area contributed by atoms with E-state index in [2.05, 4.69) is 10.1 Å². The molecule has 0 aliphatic carbocycles. The Hall–Kier alpha value is -3.19. The number of nitro groups is 1. The highest BCUT2D eigenvalue weighted by Crippen LogP contribution is 2.22. The highest BCUT2D eigenvalue weighted by atomic mass is 35.5. The fourth-order valence-corrected chi connectivity index (χ4v) is 2.24. The van der Waals surface area contributed by atoms with Crippen LogP contribution in [0.3, 0.4) is 0 Å². The molecule has 2 aromatic carbocycles. The molecule has 0 saturated heterocycles. The van der Waals surface area contributed by atoms with E-state index in [4.69, 9.17) is 20.9 Å². The van der Waals surface area contributed by atoms with E-state index in [-0.39, 0.29) is 12.3 Å². The molecular weight excluding hydrogens is 346 g/mol. The normalized spacial score (nSPS) is 10.9. The van der Waals surface area contributed by atoms with Gasteiger partial charge in [0.15, 0.2) is 6.61 Å². The number of halogens is 1. The molecule has 7 nitrogen and oxygen atoms in total. The van der Waals surface area contributed by atoms with Gasteiger partial charge in [-0.05, 0) is 18.2 Å². The number of oxazole rings is 1. The van der Waals surface area contributed by atoms with E-state index in [9.17, 15) is 10.1 Å². The molecule has 0 unspecified atom stereocenters. The van der Waals surface area contributed by atoms with Crippen molar-refractivity contribution in [3.63, 3.8) is 0 Å². The first-order valence-corrected chi connectivity index (χ1v) is 7.60. The number of hydrogen-bond acceptors (Lipinski definition) is 6. The van der Waals surface area contributed by atoms with Crippen molar-refractivity contribution < 1.29 is 14.2 Å². The molecule has 8 heteroatoms. The summed E-state index contributed by atoms with van der Waals surface area (Å²) in [6, 6.07) is 13.2. The summed E-state index contributed by atoms with van der Waals surface area (Å²) in [5.74, 6) is 0.434. The van der Waals surface area contributed by atoms with Gasteiger partial charge in [-0.3, -0.25) is 10.1 Å². The topological polar surface area (TPSA) is 90.8 Å². The van der Waals surface area contributed by atoms with Crippen LogP contribution in [0, 0.1) is 10.1 Å². The Kier molecular flexibility index (Phi) is 5.06. The lowest BCUT2D eigenvalue weighted by Gasteiger charge is -1.96. The summed E-state index contributed by atoms with van der Waals surface area (Å²) in [5, 5.41) is 15.1. The Morgan fingerprint density at radius 1 is 1.28 bits per heavy atom. The van der Waals surface area contributed by atoms with Gasteiger partial charge in [0.1, 0.15) is 12.0 Å². The summed E-state index contributed by atoms with van der Waals surface area (Å²) in [6.45, 7) is 0.107. The van der Waals surface area contributed by atoms with Crippen LogP contribution in [0.25, 0.3) is 11.5 Å². The van der Waals surface area contributed by atoms with Crippen LogP contribution in [-0.2, 0) is 11.4 Å². The molecule has 0 fully saturated rings. The van der Waals surface area contributed by atoms with Crippen molar-refractivity contribution >= 4 is 23.5 Å². The van der Waals surface area contributed by atoms with Gasteiger partial charge in [0.2, 0.25) is 5.89 Å². The minimum atomic E-state index is -0.467. The number of benzene rings is 2. The summed E-state index contributed by atoms with van der Waals surface area (Å²) in [7, 11) is 0. The Labute approximate surface area is 147 Å². The van der Waals surface area contributed by atoms with Crippen LogP contribution >= 0.6 is 11.6 Å². The lowest BCUT2D eigenvalue weighted by Crippen LogP contribution is -1.91. The van der Waals surface area contributed by atoms with Crippen molar-refractivity contribution in [2.24, 2.45) is 5.16 Å². The largest absolute Gasteiger partial charge is 0.444 e. The van der Waals surface area contributed by atoms with Crippen molar-refractivity contribution in [1.82, 2.24) is 4.98 Å². The number of aromatic nitrogens is 1. The molecule has 0 saturated carbocycles. The molecule has 0 spiro atoms. The molecule has 0 amide bonds. The lowest BCUT2D eigenvalue weighted by molar-refractivity contribution is -0.384. The van der Waals surface area contributed by atoms with E-state index < -0.39 is 4.92 Å². The SMILES string of the molecule is O=[N+]([O-])c1cccc(C=NOCc2coc(-c3cccc(Cl)c3)n2)c1. The molecule has 0 aliphatic heterocycles. The molecule has 1 aromatic heterocycles. The number of nitro benzene ring substituents is 1. The van der Waals surface area contributed by atoms with Crippen molar-refractivity contribution in [3.8, 4) is 11.5 Å². The highest BCUT2D eigenvalue weighted by molar-refractivity contribution is 6.30. The number of hydrogen-bond donors (Lipinski definition) is 0. The number of non-ortho nitro benzene ring substituents is 1. The maximum atomic E-state index is 10.7. The van der Waals surface area contributed by atoms with Crippen molar-refractivity contribution in [2.45, 2.75) is 6.61 Å². The maximum absolute atomic E-state index is 10.7. The number of rotatable bonds is 6. The molecule has 1 heterocycles. The van der Waals surface area contributed by atoms with Gasteiger partial charge in [-0.1, -0.05) is 35.0 Å². The van der Waals surface area contributed by atoms with Crippen LogP contribution in [-0.4, -0.2) is 16.1 Å². The van der Waals surface area contributed by atoms with Gasteiger partial charge >= 0.3 is 0 Å². The molecule has 0 bridgehead atoms. The molecule has 0 radical (unpaired) electrons. The summed E-state index contributed by atoms with van der Waals surface area (Å²) in [6.07, 6.45) is 2.87. The van der Waals surface area contributed by atoms with E-state index in [1.165, 1.54) is 24.6 Å². The van der Waals surface area contributed by atoms with Crippen LogP contribution in [0.5, 0.6) is 0 Å². The molecular formula is C17H12ClN3O4. The lowest BCUT2D eigenvalue weighted by atomic mass is 10.2. The summed E-state index contributed by atoms with van der Waals surface area (Å²) < 4.78 is 5.39. The van der Waals surface area contributed by atoms with Crippen molar-refractivity contribution in [3.05, 3.63) is 81.2 Å². The van der Waals surface area contributed by atoms with Gasteiger partial charge in [-0.2, -0.15) is 0 Å². The third-order valence-corrected chi connectivity index (χ3v) is 3.43. The van der Waals surface area contributed by atoms with Gasteiger partial charge in [-0.25, -0.2) is 4.98 Å². The Morgan fingerprint density at radius 2 is 2.12 bits per heavy atom. The molecule has 0 N–H and O–H groups in total. The van der Waals surface area contributed by atoms with Crippen LogP contribution in [0.1, 0.15) is 11.3 Å². The average Bonchev–Trinajstić information content (AvgIpc) is 3.08. The molecule has 0 aliphatic rings. The number of nitrogens with zero attached hydrogens (tertiary/aromatic N) is 3. The second-order valence-electron chi connectivity index (χ2n) is 5.01. The average molecular weight is 358 g/mol. The summed E-state index contributed by atoms with van der Waals surface area (Å²) in [4.78, 5) is 19.7. The van der Waals surface area contributed by atoms with Gasteiger partial charge in [0.05, 0.1) is 11.1 Å². The quantitative estimate of drug-likeness (QED) is 0.369. The number of oxime groups is 1. The first-order chi connectivity index (χ1) is 12.1. The third-order valence-electron chi connectivity index (χ3n) is 3.19. The minimum Gasteiger partial charge on any atom is -0.444 e. The van der Waals surface area contributed by atoms with Crippen LogP contribution in [0.15, 0.2) is 64.4 Å². The fraction of sp³-hybridized carbons (Fsp3) is 0.0588. The van der Waals surface area contributed by atoms with E-state index in [1.54, 1.807) is 30.3 Å². The summed E-state index contributed by atoms with van der Waals surface area (Å²) in [5.41, 5.74) is 1.88. The molecule has 3 rings (SSSR count).